The van der Waals surface area contributed by atoms with E-state index >= 15 is 0 Å². The summed E-state index contributed by atoms with van der Waals surface area (Å²) in [4.78, 5) is 34.5. The van der Waals surface area contributed by atoms with E-state index in [-0.39, 0.29) is 10.8 Å². The lowest BCUT2D eigenvalue weighted by atomic mass is 9.90. The molecule has 2 amide bonds. The summed E-state index contributed by atoms with van der Waals surface area (Å²) in [5.41, 5.74) is 3.30. The van der Waals surface area contributed by atoms with E-state index in [1.54, 1.807) is 24.3 Å². The lowest BCUT2D eigenvalue weighted by Gasteiger charge is -2.29. The highest BCUT2D eigenvalue weighted by molar-refractivity contribution is 6.35. The predicted octanol–water partition coefficient (Wildman–Crippen LogP) is 5.37. The molecule has 3 aromatic carbocycles. The summed E-state index contributed by atoms with van der Waals surface area (Å²) in [6.07, 6.45) is -1.06. The summed E-state index contributed by atoms with van der Waals surface area (Å²) in [5.74, 6) is -1.97. The molecule has 2 heterocycles. The second-order valence-corrected chi connectivity index (χ2v) is 9.13. The van der Waals surface area contributed by atoms with Crippen LogP contribution in [0.1, 0.15) is 22.7 Å². The van der Waals surface area contributed by atoms with Crippen molar-refractivity contribution in [1.29, 1.82) is 0 Å². The van der Waals surface area contributed by atoms with Crippen molar-refractivity contribution in [3.8, 4) is 5.75 Å². The number of rotatable bonds is 3. The van der Waals surface area contributed by atoms with Crippen LogP contribution in [0.2, 0.25) is 10.0 Å². The van der Waals surface area contributed by atoms with Gasteiger partial charge < -0.3 is 5.11 Å². The van der Waals surface area contributed by atoms with Gasteiger partial charge in [-0.2, -0.15) is 0 Å². The number of carbonyl (C=O) groups is 2. The third-order valence-corrected chi connectivity index (χ3v) is 6.60. The molecule has 168 valence electrons. The molecular formula is C25H20Cl2N2O4. The molecule has 1 N–H and O–H groups in total. The zero-order chi connectivity index (χ0) is 23.4. The molecular weight excluding hydrogens is 463 g/mol. The number of benzene rings is 3. The van der Waals surface area contributed by atoms with Gasteiger partial charge in [-0.1, -0.05) is 59.1 Å². The molecule has 0 radical (unpaired) electrons. The van der Waals surface area contributed by atoms with Crippen LogP contribution in [-0.4, -0.2) is 23.0 Å². The average Bonchev–Trinajstić information content (AvgIpc) is 3.28. The van der Waals surface area contributed by atoms with Crippen LogP contribution in [0.15, 0.2) is 60.7 Å². The van der Waals surface area contributed by atoms with Crippen LogP contribution >= 0.6 is 23.2 Å². The molecule has 3 aromatic rings. The number of nitrogens with zero attached hydrogens (tertiary/aromatic N) is 2. The molecule has 3 atom stereocenters. The summed E-state index contributed by atoms with van der Waals surface area (Å²) in [6, 6.07) is 16.8. The van der Waals surface area contributed by atoms with E-state index in [1.807, 2.05) is 44.2 Å². The third-order valence-electron chi connectivity index (χ3n) is 6.10. The standard InChI is InChI=1S/C25H20Cl2N2O4/c1-13-8-9-19(14(2)10-13)28-24(31)20-21(17-11-15(26)12-18(27)22(17)30)29(33-23(20)25(28)32)16-6-4-3-5-7-16/h3-12,20-21,23,30H,1-2H3/t20-,21-,23+/m1/s1. The summed E-state index contributed by atoms with van der Waals surface area (Å²) in [7, 11) is 0. The molecule has 2 saturated heterocycles. The van der Waals surface area contributed by atoms with Crippen LogP contribution in [0.25, 0.3) is 0 Å². The quantitative estimate of drug-likeness (QED) is 0.508. The first-order valence-electron chi connectivity index (χ1n) is 10.4. The Morgan fingerprint density at radius 3 is 2.36 bits per heavy atom. The van der Waals surface area contributed by atoms with Crippen LogP contribution < -0.4 is 9.96 Å². The van der Waals surface area contributed by atoms with Crippen molar-refractivity contribution in [2.24, 2.45) is 5.92 Å². The van der Waals surface area contributed by atoms with Gasteiger partial charge in [0.25, 0.3) is 5.91 Å². The van der Waals surface area contributed by atoms with Crippen molar-refractivity contribution in [3.05, 3.63) is 87.4 Å². The highest BCUT2D eigenvalue weighted by atomic mass is 35.5. The maximum atomic E-state index is 13.7. The van der Waals surface area contributed by atoms with Crippen molar-refractivity contribution in [2.75, 3.05) is 9.96 Å². The van der Waals surface area contributed by atoms with Crippen LogP contribution in [0.4, 0.5) is 11.4 Å². The van der Waals surface area contributed by atoms with Gasteiger partial charge >= 0.3 is 0 Å². The van der Waals surface area contributed by atoms with Crippen LogP contribution in [-0.2, 0) is 14.4 Å². The van der Waals surface area contributed by atoms with Gasteiger partial charge in [-0.3, -0.25) is 14.4 Å². The Hall–Kier alpha value is -3.06. The zero-order valence-electron chi connectivity index (χ0n) is 17.8. The van der Waals surface area contributed by atoms with Crippen LogP contribution in [0, 0.1) is 19.8 Å². The number of halogens is 2. The minimum Gasteiger partial charge on any atom is -0.506 e. The normalized spacial score (nSPS) is 22.2. The van der Waals surface area contributed by atoms with E-state index in [4.69, 9.17) is 28.0 Å². The smallest absolute Gasteiger partial charge is 0.266 e. The molecule has 0 aromatic heterocycles. The zero-order valence-corrected chi connectivity index (χ0v) is 19.3. The average molecular weight is 483 g/mol. The van der Waals surface area contributed by atoms with Crippen molar-refractivity contribution in [1.82, 2.24) is 0 Å². The molecule has 2 fully saturated rings. The molecule has 0 unspecified atom stereocenters. The molecule has 2 aliphatic heterocycles. The minimum absolute atomic E-state index is 0.0527. The number of aromatic hydroxyl groups is 1. The lowest BCUT2D eigenvalue weighted by molar-refractivity contribution is -0.126. The molecule has 6 nitrogen and oxygen atoms in total. The van der Waals surface area contributed by atoms with Gasteiger partial charge in [-0.05, 0) is 49.7 Å². The van der Waals surface area contributed by atoms with Gasteiger partial charge in [0.2, 0.25) is 5.91 Å². The first-order chi connectivity index (χ1) is 15.8. The van der Waals surface area contributed by atoms with Crippen molar-refractivity contribution >= 4 is 46.4 Å². The molecule has 0 saturated carbocycles. The Bertz CT molecular complexity index is 1280. The minimum atomic E-state index is -1.06. The predicted molar refractivity (Wildman–Crippen MR) is 127 cm³/mol. The maximum absolute atomic E-state index is 13.7. The van der Waals surface area contributed by atoms with Crippen molar-refractivity contribution in [3.63, 3.8) is 0 Å². The fraction of sp³-hybridized carbons (Fsp3) is 0.200. The van der Waals surface area contributed by atoms with E-state index in [2.05, 4.69) is 0 Å². The molecule has 0 aliphatic carbocycles. The third kappa shape index (κ3) is 3.46. The summed E-state index contributed by atoms with van der Waals surface area (Å²) in [5, 5.41) is 12.6. The number of imide groups is 1. The topological polar surface area (TPSA) is 70.1 Å². The molecule has 0 bridgehead atoms. The number of aryl methyl sites for hydroxylation is 2. The highest BCUT2D eigenvalue weighted by Gasteiger charge is 2.61. The number of hydroxylamine groups is 1. The molecule has 8 heteroatoms. The largest absolute Gasteiger partial charge is 0.506 e. The van der Waals surface area contributed by atoms with Gasteiger partial charge in [0.1, 0.15) is 11.7 Å². The SMILES string of the molecule is Cc1ccc(N2C(=O)[C@H]3[C@H](ON(c4ccccc4)[C@@H]3c3cc(Cl)cc(Cl)c3O)C2=O)c(C)c1. The Morgan fingerprint density at radius 1 is 0.939 bits per heavy atom. The van der Waals surface area contributed by atoms with Crippen molar-refractivity contribution in [2.45, 2.75) is 26.0 Å². The van der Waals surface area contributed by atoms with Gasteiger partial charge in [0.15, 0.2) is 6.10 Å². The summed E-state index contributed by atoms with van der Waals surface area (Å²) >= 11 is 12.4. The van der Waals surface area contributed by atoms with Gasteiger partial charge in [0, 0.05) is 10.6 Å². The molecule has 33 heavy (non-hydrogen) atoms. The van der Waals surface area contributed by atoms with Crippen LogP contribution in [0.3, 0.4) is 0 Å². The molecule has 2 aliphatic rings. The number of para-hydroxylation sites is 1. The van der Waals surface area contributed by atoms with Gasteiger partial charge in [-0.15, -0.1) is 0 Å². The number of carbonyl (C=O) groups excluding carboxylic acids is 2. The lowest BCUT2D eigenvalue weighted by Crippen LogP contribution is -2.37. The van der Waals surface area contributed by atoms with Gasteiger partial charge in [0.05, 0.1) is 22.4 Å². The number of amides is 2. The molecule has 0 spiro atoms. The van der Waals surface area contributed by atoms with E-state index in [0.717, 1.165) is 11.1 Å². The first kappa shape index (κ1) is 21.8. The monoisotopic (exact) mass is 482 g/mol. The first-order valence-corrected chi connectivity index (χ1v) is 11.2. The van der Waals surface area contributed by atoms with E-state index in [9.17, 15) is 14.7 Å². The number of phenolic OH excluding ortho intramolecular Hbond substituents is 1. The number of fused-ring (bicyclic) bond motifs is 1. The maximum Gasteiger partial charge on any atom is 0.266 e. The number of hydrogen-bond donors (Lipinski definition) is 1. The second kappa shape index (κ2) is 8.06. The number of phenols is 1. The fourth-order valence-electron chi connectivity index (χ4n) is 4.63. The van der Waals surface area contributed by atoms with E-state index in [0.29, 0.717) is 22.0 Å². The Balaban J connectivity index is 1.65. The Kier molecular flexibility index (Phi) is 5.32. The van der Waals surface area contributed by atoms with E-state index < -0.39 is 29.9 Å². The van der Waals surface area contributed by atoms with E-state index in [1.165, 1.54) is 16.0 Å². The summed E-state index contributed by atoms with van der Waals surface area (Å²) in [6.45, 7) is 3.80. The van der Waals surface area contributed by atoms with Crippen molar-refractivity contribution < 1.29 is 19.5 Å². The summed E-state index contributed by atoms with van der Waals surface area (Å²) < 4.78 is 0. The number of hydrogen-bond acceptors (Lipinski definition) is 5. The van der Waals surface area contributed by atoms with Crippen LogP contribution in [0.5, 0.6) is 5.75 Å². The number of anilines is 2. The van der Waals surface area contributed by atoms with Gasteiger partial charge in [-0.25, -0.2) is 9.96 Å². The highest BCUT2D eigenvalue weighted by Crippen LogP contribution is 2.51. The Morgan fingerprint density at radius 2 is 1.67 bits per heavy atom. The molecule has 5 rings (SSSR count). The Labute approximate surface area is 200 Å². The fourth-order valence-corrected chi connectivity index (χ4v) is 5.14. The second-order valence-electron chi connectivity index (χ2n) is 8.29.